The first-order chi connectivity index (χ1) is 14.4. The smallest absolute Gasteiger partial charge is 0.255 e. The van der Waals surface area contributed by atoms with Crippen LogP contribution >= 0.6 is 11.8 Å². The van der Waals surface area contributed by atoms with Crippen molar-refractivity contribution >= 4 is 35.0 Å². The molecule has 1 aliphatic heterocycles. The van der Waals surface area contributed by atoms with E-state index in [4.69, 9.17) is 0 Å². The number of carbonyl (C=O) groups is 2. The molecule has 0 spiro atoms. The van der Waals surface area contributed by atoms with Gasteiger partial charge in [0.05, 0.1) is 11.4 Å². The van der Waals surface area contributed by atoms with Gasteiger partial charge in [-0.05, 0) is 61.4 Å². The van der Waals surface area contributed by atoms with Gasteiger partial charge in [-0.15, -0.1) is 11.8 Å². The standard InChI is InChI=1S/C24H21FN2O2S/c1-15-6-9-17(10-7-15)23(29)26-19-5-3-4-18(13-19)24-27(22(28)14-30-24)21-12-16(2)8-11-20(21)25/h3-13,24H,14H2,1-2H3,(H,26,29)/t24-/m0/s1. The first-order valence-electron chi connectivity index (χ1n) is 9.60. The molecule has 0 saturated carbocycles. The fourth-order valence-electron chi connectivity index (χ4n) is 3.42. The lowest BCUT2D eigenvalue weighted by Gasteiger charge is -2.25. The van der Waals surface area contributed by atoms with Gasteiger partial charge in [0.25, 0.3) is 5.91 Å². The minimum atomic E-state index is -0.426. The second-order valence-electron chi connectivity index (χ2n) is 7.33. The molecule has 3 aromatic carbocycles. The zero-order chi connectivity index (χ0) is 21.3. The van der Waals surface area contributed by atoms with Gasteiger partial charge in [0, 0.05) is 11.3 Å². The van der Waals surface area contributed by atoms with Crippen LogP contribution in [0.15, 0.2) is 66.7 Å². The Kier molecular flexibility index (Phi) is 5.59. The second-order valence-corrected chi connectivity index (χ2v) is 8.40. The number of hydrogen-bond acceptors (Lipinski definition) is 3. The van der Waals surface area contributed by atoms with Gasteiger partial charge in [-0.2, -0.15) is 0 Å². The minimum absolute atomic E-state index is 0.136. The summed E-state index contributed by atoms with van der Waals surface area (Å²) in [6.45, 7) is 3.83. The van der Waals surface area contributed by atoms with Crippen LogP contribution in [0.4, 0.5) is 15.8 Å². The SMILES string of the molecule is Cc1ccc(C(=O)Nc2cccc([C@@H]3SCC(=O)N3c3cc(C)ccc3F)c2)cc1. The van der Waals surface area contributed by atoms with E-state index in [-0.39, 0.29) is 28.6 Å². The molecule has 0 radical (unpaired) electrons. The number of rotatable bonds is 4. The molecule has 30 heavy (non-hydrogen) atoms. The third kappa shape index (κ3) is 4.09. The second kappa shape index (κ2) is 8.32. The van der Waals surface area contributed by atoms with Crippen molar-refractivity contribution in [1.29, 1.82) is 0 Å². The van der Waals surface area contributed by atoms with Gasteiger partial charge >= 0.3 is 0 Å². The van der Waals surface area contributed by atoms with Crippen molar-refractivity contribution in [3.63, 3.8) is 0 Å². The van der Waals surface area contributed by atoms with E-state index in [1.807, 2.05) is 44.2 Å². The van der Waals surface area contributed by atoms with Crippen LogP contribution in [0.25, 0.3) is 0 Å². The molecule has 1 aliphatic rings. The maximum atomic E-state index is 14.5. The number of amides is 2. The minimum Gasteiger partial charge on any atom is -0.322 e. The van der Waals surface area contributed by atoms with E-state index in [2.05, 4.69) is 5.32 Å². The quantitative estimate of drug-likeness (QED) is 0.609. The number of benzene rings is 3. The van der Waals surface area contributed by atoms with Gasteiger partial charge in [-0.25, -0.2) is 4.39 Å². The predicted molar refractivity (Wildman–Crippen MR) is 119 cm³/mol. The Balaban J connectivity index is 1.61. The summed E-state index contributed by atoms with van der Waals surface area (Å²) < 4.78 is 14.5. The number of nitrogens with one attached hydrogen (secondary N) is 1. The van der Waals surface area contributed by atoms with Crippen LogP contribution in [0.1, 0.15) is 32.4 Å². The van der Waals surface area contributed by atoms with E-state index in [9.17, 15) is 14.0 Å². The summed E-state index contributed by atoms with van der Waals surface area (Å²) in [6, 6.07) is 19.4. The highest BCUT2D eigenvalue weighted by Gasteiger charge is 2.35. The maximum Gasteiger partial charge on any atom is 0.255 e. The fourth-order valence-corrected chi connectivity index (χ4v) is 4.58. The summed E-state index contributed by atoms with van der Waals surface area (Å²) in [5.41, 5.74) is 4.27. The largest absolute Gasteiger partial charge is 0.322 e. The number of anilines is 2. The number of carbonyl (C=O) groups excluding carboxylic acids is 2. The van der Waals surface area contributed by atoms with Gasteiger partial charge in [-0.1, -0.05) is 35.9 Å². The predicted octanol–water partition coefficient (Wildman–Crippen LogP) is 5.47. The summed E-state index contributed by atoms with van der Waals surface area (Å²) >= 11 is 1.44. The molecular formula is C24H21FN2O2S. The van der Waals surface area contributed by atoms with Crippen molar-refractivity contribution < 1.29 is 14.0 Å². The van der Waals surface area contributed by atoms with Crippen LogP contribution in [0.3, 0.4) is 0 Å². The lowest BCUT2D eigenvalue weighted by Crippen LogP contribution is -2.28. The van der Waals surface area contributed by atoms with Gasteiger partial charge in [0.2, 0.25) is 5.91 Å². The zero-order valence-electron chi connectivity index (χ0n) is 16.7. The highest BCUT2D eigenvalue weighted by atomic mass is 32.2. The molecule has 0 bridgehead atoms. The number of aryl methyl sites for hydroxylation is 2. The molecule has 4 rings (SSSR count). The van der Waals surface area contributed by atoms with Gasteiger partial charge in [-0.3, -0.25) is 14.5 Å². The molecule has 2 amide bonds. The Morgan fingerprint density at radius 1 is 1.03 bits per heavy atom. The molecule has 3 aromatic rings. The summed E-state index contributed by atoms with van der Waals surface area (Å²) in [4.78, 5) is 26.6. The van der Waals surface area contributed by atoms with Gasteiger partial charge in [0.1, 0.15) is 11.2 Å². The van der Waals surface area contributed by atoms with Crippen LogP contribution < -0.4 is 10.2 Å². The third-order valence-corrected chi connectivity index (χ3v) is 6.18. The first-order valence-corrected chi connectivity index (χ1v) is 10.6. The van der Waals surface area contributed by atoms with Crippen molar-refractivity contribution in [3.05, 3.63) is 94.8 Å². The third-order valence-electron chi connectivity index (χ3n) is 4.97. The lowest BCUT2D eigenvalue weighted by molar-refractivity contribution is -0.115. The lowest BCUT2D eigenvalue weighted by atomic mass is 10.1. The molecule has 0 aliphatic carbocycles. The van der Waals surface area contributed by atoms with Crippen molar-refractivity contribution in [3.8, 4) is 0 Å². The Morgan fingerprint density at radius 3 is 2.53 bits per heavy atom. The topological polar surface area (TPSA) is 49.4 Å². The van der Waals surface area contributed by atoms with Crippen molar-refractivity contribution in [2.45, 2.75) is 19.2 Å². The number of halogens is 1. The van der Waals surface area contributed by atoms with Crippen LogP contribution in [0, 0.1) is 19.7 Å². The molecule has 0 aromatic heterocycles. The molecular weight excluding hydrogens is 399 g/mol. The molecule has 6 heteroatoms. The van der Waals surface area contributed by atoms with Crippen molar-refractivity contribution in [1.82, 2.24) is 0 Å². The number of hydrogen-bond donors (Lipinski definition) is 1. The summed E-state index contributed by atoms with van der Waals surface area (Å²) in [5, 5.41) is 2.55. The zero-order valence-corrected chi connectivity index (χ0v) is 17.5. The van der Waals surface area contributed by atoms with E-state index >= 15 is 0 Å². The van der Waals surface area contributed by atoms with Crippen LogP contribution in [0.2, 0.25) is 0 Å². The number of thioether (sulfide) groups is 1. The van der Waals surface area contributed by atoms with E-state index < -0.39 is 5.82 Å². The van der Waals surface area contributed by atoms with Crippen LogP contribution in [0.5, 0.6) is 0 Å². The molecule has 1 saturated heterocycles. The summed E-state index contributed by atoms with van der Waals surface area (Å²) in [6.07, 6.45) is 0. The van der Waals surface area contributed by atoms with E-state index in [1.165, 1.54) is 22.7 Å². The summed E-state index contributed by atoms with van der Waals surface area (Å²) in [7, 11) is 0. The summed E-state index contributed by atoms with van der Waals surface area (Å²) in [5.74, 6) is -0.490. The van der Waals surface area contributed by atoms with Crippen LogP contribution in [-0.2, 0) is 4.79 Å². The molecule has 1 heterocycles. The van der Waals surface area contributed by atoms with E-state index in [0.717, 1.165) is 16.7 Å². The Labute approximate surface area is 179 Å². The molecule has 1 fully saturated rings. The highest BCUT2D eigenvalue weighted by Crippen LogP contribution is 2.43. The maximum absolute atomic E-state index is 14.5. The Bertz CT molecular complexity index is 1110. The van der Waals surface area contributed by atoms with Crippen molar-refractivity contribution in [2.75, 3.05) is 16.0 Å². The monoisotopic (exact) mass is 420 g/mol. The molecule has 4 nitrogen and oxygen atoms in total. The molecule has 1 atom stereocenters. The average molecular weight is 421 g/mol. The average Bonchev–Trinajstić information content (AvgIpc) is 3.12. The normalized spacial score (nSPS) is 16.0. The van der Waals surface area contributed by atoms with Crippen LogP contribution in [-0.4, -0.2) is 17.6 Å². The van der Waals surface area contributed by atoms with Crippen molar-refractivity contribution in [2.24, 2.45) is 0 Å². The molecule has 1 N–H and O–H groups in total. The number of nitrogens with zero attached hydrogens (tertiary/aromatic N) is 1. The Hall–Kier alpha value is -3.12. The Morgan fingerprint density at radius 2 is 1.77 bits per heavy atom. The van der Waals surface area contributed by atoms with E-state index in [0.29, 0.717) is 11.3 Å². The van der Waals surface area contributed by atoms with Gasteiger partial charge < -0.3 is 5.32 Å². The molecule has 0 unspecified atom stereocenters. The van der Waals surface area contributed by atoms with Gasteiger partial charge in [0.15, 0.2) is 0 Å². The highest BCUT2D eigenvalue weighted by molar-refractivity contribution is 8.00. The fraction of sp³-hybridized carbons (Fsp3) is 0.167. The molecule has 152 valence electrons. The van der Waals surface area contributed by atoms with E-state index in [1.54, 1.807) is 30.3 Å². The first kappa shape index (κ1) is 20.2.